The van der Waals surface area contributed by atoms with Crippen LogP contribution < -0.4 is 16.0 Å². The molecule has 2 atom stereocenters. The molecule has 17 heavy (non-hydrogen) atoms. The van der Waals surface area contributed by atoms with E-state index in [0.717, 1.165) is 0 Å². The molecule has 0 bridgehead atoms. The predicted octanol–water partition coefficient (Wildman–Crippen LogP) is -0.602. The normalized spacial score (nSPS) is 13.8. The van der Waals surface area contributed by atoms with Crippen molar-refractivity contribution < 1.29 is 14.4 Å². The highest BCUT2D eigenvalue weighted by Gasteiger charge is 2.25. The van der Waals surface area contributed by atoms with Crippen molar-refractivity contribution in [3.8, 4) is 0 Å². The molecule has 0 radical (unpaired) electrons. The molecular weight excluding hydrogens is 222 g/mol. The van der Waals surface area contributed by atoms with Crippen molar-refractivity contribution >= 4 is 17.7 Å². The lowest BCUT2D eigenvalue weighted by molar-refractivity contribution is -0.132. The van der Waals surface area contributed by atoms with Gasteiger partial charge >= 0.3 is 0 Å². The monoisotopic (exact) mass is 243 g/mol. The molecule has 6 nitrogen and oxygen atoms in total. The highest BCUT2D eigenvalue weighted by atomic mass is 16.2. The van der Waals surface area contributed by atoms with Crippen LogP contribution in [0.15, 0.2) is 0 Å². The summed E-state index contributed by atoms with van der Waals surface area (Å²) in [6.45, 7) is 6.59. The molecule has 0 aliphatic carbocycles. The summed E-state index contributed by atoms with van der Waals surface area (Å²) in [5.41, 5.74) is 0. The van der Waals surface area contributed by atoms with Crippen LogP contribution in [-0.2, 0) is 14.4 Å². The summed E-state index contributed by atoms with van der Waals surface area (Å²) in [7, 11) is 1.50. The Kier molecular flexibility index (Phi) is 6.23. The van der Waals surface area contributed by atoms with Gasteiger partial charge in [0.2, 0.25) is 17.7 Å². The average molecular weight is 243 g/mol. The molecule has 98 valence electrons. The molecule has 0 heterocycles. The van der Waals surface area contributed by atoms with E-state index in [-0.39, 0.29) is 23.6 Å². The summed E-state index contributed by atoms with van der Waals surface area (Å²) >= 11 is 0. The highest BCUT2D eigenvalue weighted by molar-refractivity contribution is 5.91. The van der Waals surface area contributed by atoms with Gasteiger partial charge in [0.05, 0.1) is 0 Å². The topological polar surface area (TPSA) is 87.3 Å². The second-order valence-corrected chi connectivity index (χ2v) is 4.27. The zero-order chi connectivity index (χ0) is 13.6. The van der Waals surface area contributed by atoms with Gasteiger partial charge in [-0.1, -0.05) is 13.8 Å². The SMILES string of the molecule is CNC(=O)[C@H](C)NC(=O)[C@H](NC(C)=O)C(C)C. The van der Waals surface area contributed by atoms with E-state index >= 15 is 0 Å². The fourth-order valence-corrected chi connectivity index (χ4v) is 1.34. The third-order valence-corrected chi connectivity index (χ3v) is 2.31. The molecular formula is C11H21N3O3. The molecule has 6 heteroatoms. The molecule has 0 aromatic rings. The molecule has 0 unspecified atom stereocenters. The zero-order valence-electron chi connectivity index (χ0n) is 11.0. The molecule has 0 fully saturated rings. The van der Waals surface area contributed by atoms with E-state index in [2.05, 4.69) is 16.0 Å². The fraction of sp³-hybridized carbons (Fsp3) is 0.727. The van der Waals surface area contributed by atoms with E-state index < -0.39 is 12.1 Å². The number of hydrogen-bond donors (Lipinski definition) is 3. The lowest BCUT2D eigenvalue weighted by atomic mass is 10.0. The summed E-state index contributed by atoms with van der Waals surface area (Å²) in [6, 6.07) is -1.25. The van der Waals surface area contributed by atoms with Crippen LogP contribution in [0.25, 0.3) is 0 Å². The lowest BCUT2D eigenvalue weighted by Crippen LogP contribution is -2.53. The summed E-state index contributed by atoms with van der Waals surface area (Å²) in [5, 5.41) is 7.55. The van der Waals surface area contributed by atoms with Crippen molar-refractivity contribution in [2.75, 3.05) is 7.05 Å². The van der Waals surface area contributed by atoms with Crippen LogP contribution in [0.2, 0.25) is 0 Å². The zero-order valence-corrected chi connectivity index (χ0v) is 11.0. The van der Waals surface area contributed by atoms with Crippen LogP contribution >= 0.6 is 0 Å². The number of carbonyl (C=O) groups excluding carboxylic acids is 3. The first-order valence-electron chi connectivity index (χ1n) is 5.58. The van der Waals surface area contributed by atoms with Crippen LogP contribution in [0.1, 0.15) is 27.7 Å². The van der Waals surface area contributed by atoms with E-state index in [4.69, 9.17) is 0 Å². The minimum atomic E-state index is -0.625. The largest absolute Gasteiger partial charge is 0.357 e. The van der Waals surface area contributed by atoms with Gasteiger partial charge in [0.25, 0.3) is 0 Å². The quantitative estimate of drug-likeness (QED) is 0.602. The molecule has 0 saturated carbocycles. The number of rotatable bonds is 5. The lowest BCUT2D eigenvalue weighted by Gasteiger charge is -2.22. The Balaban J connectivity index is 4.53. The molecule has 3 N–H and O–H groups in total. The third-order valence-electron chi connectivity index (χ3n) is 2.31. The average Bonchev–Trinajstić information content (AvgIpc) is 2.23. The van der Waals surface area contributed by atoms with Crippen molar-refractivity contribution in [1.82, 2.24) is 16.0 Å². The summed E-state index contributed by atoms with van der Waals surface area (Å²) in [6.07, 6.45) is 0. The second-order valence-electron chi connectivity index (χ2n) is 4.27. The van der Waals surface area contributed by atoms with Crippen LogP contribution in [0.3, 0.4) is 0 Å². The molecule has 0 aromatic heterocycles. The maximum atomic E-state index is 11.8. The van der Waals surface area contributed by atoms with Gasteiger partial charge in [-0.2, -0.15) is 0 Å². The molecule has 0 aliphatic heterocycles. The number of hydrogen-bond acceptors (Lipinski definition) is 3. The number of nitrogens with one attached hydrogen (secondary N) is 3. The van der Waals surface area contributed by atoms with E-state index in [9.17, 15) is 14.4 Å². The van der Waals surface area contributed by atoms with E-state index in [1.165, 1.54) is 14.0 Å². The van der Waals surface area contributed by atoms with Crippen molar-refractivity contribution in [3.63, 3.8) is 0 Å². The van der Waals surface area contributed by atoms with Crippen molar-refractivity contribution in [2.45, 2.75) is 39.8 Å². The van der Waals surface area contributed by atoms with Crippen LogP contribution in [-0.4, -0.2) is 36.9 Å². The molecule has 0 aliphatic rings. The van der Waals surface area contributed by atoms with Gasteiger partial charge in [-0.05, 0) is 12.8 Å². The Morgan fingerprint density at radius 1 is 0.941 bits per heavy atom. The van der Waals surface area contributed by atoms with Crippen LogP contribution in [0.4, 0.5) is 0 Å². The van der Waals surface area contributed by atoms with E-state index in [1.54, 1.807) is 6.92 Å². The molecule has 0 aromatic carbocycles. The minimum absolute atomic E-state index is 0.0456. The number of likely N-dealkylation sites (N-methyl/N-ethyl adjacent to an activating group) is 1. The predicted molar refractivity (Wildman–Crippen MR) is 64.1 cm³/mol. The molecule has 3 amide bonds. The summed E-state index contributed by atoms with van der Waals surface area (Å²) < 4.78 is 0. The van der Waals surface area contributed by atoms with Gasteiger partial charge < -0.3 is 16.0 Å². The van der Waals surface area contributed by atoms with Gasteiger partial charge in [-0.15, -0.1) is 0 Å². The van der Waals surface area contributed by atoms with Crippen molar-refractivity contribution in [3.05, 3.63) is 0 Å². The summed E-state index contributed by atoms with van der Waals surface area (Å²) in [4.78, 5) is 34.1. The fourth-order valence-electron chi connectivity index (χ4n) is 1.34. The Hall–Kier alpha value is -1.59. The number of amides is 3. The minimum Gasteiger partial charge on any atom is -0.357 e. The Morgan fingerprint density at radius 3 is 1.82 bits per heavy atom. The second kappa shape index (κ2) is 6.88. The third kappa shape index (κ3) is 5.33. The maximum Gasteiger partial charge on any atom is 0.243 e. The molecule has 0 spiro atoms. The molecule has 0 saturated heterocycles. The first-order valence-corrected chi connectivity index (χ1v) is 5.58. The first-order chi connectivity index (χ1) is 7.79. The van der Waals surface area contributed by atoms with Gasteiger partial charge in [-0.3, -0.25) is 14.4 Å². The van der Waals surface area contributed by atoms with Crippen molar-refractivity contribution in [2.24, 2.45) is 5.92 Å². The van der Waals surface area contributed by atoms with Gasteiger partial charge in [-0.25, -0.2) is 0 Å². The van der Waals surface area contributed by atoms with Crippen molar-refractivity contribution in [1.29, 1.82) is 0 Å². The number of carbonyl (C=O) groups is 3. The van der Waals surface area contributed by atoms with E-state index in [0.29, 0.717) is 0 Å². The van der Waals surface area contributed by atoms with E-state index in [1.807, 2.05) is 13.8 Å². The molecule has 0 rings (SSSR count). The van der Waals surface area contributed by atoms with Crippen LogP contribution in [0, 0.1) is 5.92 Å². The first kappa shape index (κ1) is 15.4. The maximum absolute atomic E-state index is 11.8. The standard InChI is InChI=1S/C11H21N3O3/c1-6(2)9(14-8(4)15)11(17)13-7(3)10(16)12-5/h6-7,9H,1-5H3,(H,12,16)(H,13,17)(H,14,15)/t7-,9+/m0/s1. The Bertz CT molecular complexity index is 302. The van der Waals surface area contributed by atoms with Gasteiger partial charge in [0.15, 0.2) is 0 Å². The smallest absolute Gasteiger partial charge is 0.243 e. The van der Waals surface area contributed by atoms with Gasteiger partial charge in [0, 0.05) is 14.0 Å². The Labute approximate surface area is 102 Å². The van der Waals surface area contributed by atoms with Crippen LogP contribution in [0.5, 0.6) is 0 Å². The summed E-state index contributed by atoms with van der Waals surface area (Å²) in [5.74, 6) is -0.947. The van der Waals surface area contributed by atoms with Gasteiger partial charge in [0.1, 0.15) is 12.1 Å². The highest BCUT2D eigenvalue weighted by Crippen LogP contribution is 2.02. The Morgan fingerprint density at radius 2 is 1.47 bits per heavy atom.